The van der Waals surface area contributed by atoms with Gasteiger partial charge in [0.2, 0.25) is 0 Å². The number of nitrogens with one attached hydrogen (secondary N) is 2. The Morgan fingerprint density at radius 2 is 1.71 bits per heavy atom. The Morgan fingerprint density at radius 3 is 2.29 bits per heavy atom. The second-order valence-electron chi connectivity index (χ2n) is 5.42. The normalized spacial score (nSPS) is 12.2. The van der Waals surface area contributed by atoms with Crippen molar-refractivity contribution in [3.05, 3.63) is 47.8 Å². The molecule has 1 unspecified atom stereocenters. The first-order chi connectivity index (χ1) is 10.1. The number of rotatable bonds is 6. The predicted octanol–water partition coefficient (Wildman–Crippen LogP) is 4.20. The molecule has 4 heteroatoms. The second-order valence-corrected chi connectivity index (χ2v) is 5.42. The van der Waals surface area contributed by atoms with E-state index < -0.39 is 0 Å². The molecule has 2 aromatic rings. The van der Waals surface area contributed by atoms with Gasteiger partial charge >= 0.3 is 0 Å². The third kappa shape index (κ3) is 3.94. The van der Waals surface area contributed by atoms with E-state index in [4.69, 9.17) is 0 Å². The van der Waals surface area contributed by atoms with Gasteiger partial charge in [-0.25, -0.2) is 9.97 Å². The van der Waals surface area contributed by atoms with Crippen LogP contribution < -0.4 is 10.6 Å². The fraction of sp³-hybridized carbons (Fsp3) is 0.412. The van der Waals surface area contributed by atoms with Gasteiger partial charge in [-0.3, -0.25) is 0 Å². The zero-order valence-electron chi connectivity index (χ0n) is 13.2. The van der Waals surface area contributed by atoms with Crippen LogP contribution >= 0.6 is 0 Å². The van der Waals surface area contributed by atoms with Crippen LogP contribution in [0.3, 0.4) is 0 Å². The summed E-state index contributed by atoms with van der Waals surface area (Å²) in [6.07, 6.45) is 1.000. The van der Waals surface area contributed by atoms with Crippen molar-refractivity contribution in [1.82, 2.24) is 9.97 Å². The molecule has 0 aliphatic heterocycles. The SMILES string of the molecule is CCC(Nc1cc(NC)nc(C(C)C)n1)c1ccccc1. The Hall–Kier alpha value is -2.10. The summed E-state index contributed by atoms with van der Waals surface area (Å²) in [5, 5.41) is 6.63. The quantitative estimate of drug-likeness (QED) is 0.834. The van der Waals surface area contributed by atoms with Gasteiger partial charge in [0.05, 0.1) is 6.04 Å². The summed E-state index contributed by atoms with van der Waals surface area (Å²) < 4.78 is 0. The van der Waals surface area contributed by atoms with Gasteiger partial charge in [0.1, 0.15) is 17.5 Å². The van der Waals surface area contributed by atoms with Crippen LogP contribution in [0.2, 0.25) is 0 Å². The van der Waals surface area contributed by atoms with Crippen LogP contribution in [0.25, 0.3) is 0 Å². The minimum atomic E-state index is 0.255. The molecule has 2 N–H and O–H groups in total. The molecular weight excluding hydrogens is 260 g/mol. The van der Waals surface area contributed by atoms with Crippen molar-refractivity contribution >= 4 is 11.6 Å². The maximum Gasteiger partial charge on any atom is 0.135 e. The lowest BCUT2D eigenvalue weighted by atomic mass is 10.0. The van der Waals surface area contributed by atoms with Crippen LogP contribution in [-0.2, 0) is 0 Å². The molecule has 0 spiro atoms. The van der Waals surface area contributed by atoms with Crippen LogP contribution in [0.15, 0.2) is 36.4 Å². The van der Waals surface area contributed by atoms with Crippen molar-refractivity contribution in [2.45, 2.75) is 39.2 Å². The summed E-state index contributed by atoms with van der Waals surface area (Å²) in [4.78, 5) is 9.13. The molecule has 1 aromatic carbocycles. The molecule has 0 aliphatic carbocycles. The van der Waals surface area contributed by atoms with E-state index in [0.29, 0.717) is 5.92 Å². The van der Waals surface area contributed by atoms with E-state index >= 15 is 0 Å². The van der Waals surface area contributed by atoms with Gasteiger partial charge in [-0.1, -0.05) is 51.1 Å². The van der Waals surface area contributed by atoms with Crippen molar-refractivity contribution in [2.24, 2.45) is 0 Å². The summed E-state index contributed by atoms with van der Waals surface area (Å²) in [7, 11) is 1.88. The Morgan fingerprint density at radius 1 is 1.05 bits per heavy atom. The summed E-state index contributed by atoms with van der Waals surface area (Å²) in [6.45, 7) is 6.38. The number of benzene rings is 1. The summed E-state index contributed by atoms with van der Waals surface area (Å²) in [5.41, 5.74) is 1.27. The Balaban J connectivity index is 2.27. The van der Waals surface area contributed by atoms with Gasteiger partial charge in [0.25, 0.3) is 0 Å². The molecular formula is C17H24N4. The van der Waals surface area contributed by atoms with Crippen molar-refractivity contribution in [2.75, 3.05) is 17.7 Å². The average molecular weight is 284 g/mol. The lowest BCUT2D eigenvalue weighted by Gasteiger charge is -2.19. The molecule has 0 bridgehead atoms. The monoisotopic (exact) mass is 284 g/mol. The first kappa shape index (κ1) is 15.3. The highest BCUT2D eigenvalue weighted by atomic mass is 15.1. The molecule has 4 nitrogen and oxygen atoms in total. The molecule has 0 saturated heterocycles. The summed E-state index contributed by atoms with van der Waals surface area (Å²) in [5.74, 6) is 2.87. The van der Waals surface area contributed by atoms with Crippen LogP contribution in [0.5, 0.6) is 0 Å². The van der Waals surface area contributed by atoms with E-state index in [2.05, 4.69) is 65.6 Å². The van der Waals surface area contributed by atoms with E-state index in [1.165, 1.54) is 5.56 Å². The van der Waals surface area contributed by atoms with E-state index in [9.17, 15) is 0 Å². The molecule has 1 atom stereocenters. The zero-order valence-corrected chi connectivity index (χ0v) is 13.2. The molecule has 112 valence electrons. The lowest BCUT2D eigenvalue weighted by molar-refractivity contribution is 0.731. The molecule has 1 heterocycles. The largest absolute Gasteiger partial charge is 0.373 e. The Bertz CT molecular complexity index is 566. The highest BCUT2D eigenvalue weighted by molar-refractivity contribution is 5.49. The van der Waals surface area contributed by atoms with Crippen LogP contribution in [0.1, 0.15) is 50.5 Å². The highest BCUT2D eigenvalue weighted by Crippen LogP contribution is 2.23. The van der Waals surface area contributed by atoms with Gasteiger partial charge < -0.3 is 10.6 Å². The minimum absolute atomic E-state index is 0.255. The standard InChI is InChI=1S/C17H24N4/c1-5-14(13-9-7-6-8-10-13)19-16-11-15(18-4)20-17(21-16)12(2)3/h6-12,14H,5H2,1-4H3,(H2,18,19,20,21). The first-order valence-electron chi connectivity index (χ1n) is 7.52. The number of hydrogen-bond donors (Lipinski definition) is 2. The van der Waals surface area contributed by atoms with E-state index in [1.807, 2.05) is 19.2 Å². The third-order valence-electron chi connectivity index (χ3n) is 3.45. The third-order valence-corrected chi connectivity index (χ3v) is 3.45. The zero-order chi connectivity index (χ0) is 15.2. The maximum absolute atomic E-state index is 4.63. The Labute approximate surface area is 127 Å². The predicted molar refractivity (Wildman–Crippen MR) is 88.8 cm³/mol. The van der Waals surface area contributed by atoms with Gasteiger partial charge in [0, 0.05) is 19.0 Å². The lowest BCUT2D eigenvalue weighted by Crippen LogP contribution is -2.13. The van der Waals surface area contributed by atoms with Crippen molar-refractivity contribution in [1.29, 1.82) is 0 Å². The molecule has 21 heavy (non-hydrogen) atoms. The second kappa shape index (κ2) is 7.07. The fourth-order valence-corrected chi connectivity index (χ4v) is 2.21. The average Bonchev–Trinajstić information content (AvgIpc) is 2.53. The van der Waals surface area contributed by atoms with Gasteiger partial charge in [-0.05, 0) is 12.0 Å². The fourth-order valence-electron chi connectivity index (χ4n) is 2.21. The van der Waals surface area contributed by atoms with Gasteiger partial charge in [0.15, 0.2) is 0 Å². The molecule has 0 amide bonds. The summed E-state index contributed by atoms with van der Waals surface area (Å²) in [6, 6.07) is 12.7. The molecule has 0 saturated carbocycles. The van der Waals surface area contributed by atoms with E-state index in [1.54, 1.807) is 0 Å². The molecule has 0 aliphatic rings. The number of anilines is 2. The molecule has 2 rings (SSSR count). The number of nitrogens with zero attached hydrogens (tertiary/aromatic N) is 2. The topological polar surface area (TPSA) is 49.8 Å². The van der Waals surface area contributed by atoms with Crippen LogP contribution in [0.4, 0.5) is 11.6 Å². The highest BCUT2D eigenvalue weighted by Gasteiger charge is 2.12. The smallest absolute Gasteiger partial charge is 0.135 e. The van der Waals surface area contributed by atoms with Gasteiger partial charge in [-0.15, -0.1) is 0 Å². The van der Waals surface area contributed by atoms with Crippen molar-refractivity contribution in [3.63, 3.8) is 0 Å². The van der Waals surface area contributed by atoms with E-state index in [-0.39, 0.29) is 6.04 Å². The molecule has 0 radical (unpaired) electrons. The summed E-state index contributed by atoms with van der Waals surface area (Å²) >= 11 is 0. The van der Waals surface area contributed by atoms with Crippen molar-refractivity contribution < 1.29 is 0 Å². The van der Waals surface area contributed by atoms with Crippen molar-refractivity contribution in [3.8, 4) is 0 Å². The Kier molecular flexibility index (Phi) is 5.14. The number of hydrogen-bond acceptors (Lipinski definition) is 4. The van der Waals surface area contributed by atoms with Crippen LogP contribution in [-0.4, -0.2) is 17.0 Å². The van der Waals surface area contributed by atoms with Crippen LogP contribution in [0, 0.1) is 0 Å². The first-order valence-corrected chi connectivity index (χ1v) is 7.52. The molecule has 0 fully saturated rings. The maximum atomic E-state index is 4.63. The number of aromatic nitrogens is 2. The molecule has 1 aromatic heterocycles. The van der Waals surface area contributed by atoms with E-state index in [0.717, 1.165) is 23.9 Å². The minimum Gasteiger partial charge on any atom is -0.373 e. The van der Waals surface area contributed by atoms with Gasteiger partial charge in [-0.2, -0.15) is 0 Å².